The Balaban J connectivity index is 2.11. The van der Waals surface area contributed by atoms with E-state index in [9.17, 15) is 8.78 Å². The molecule has 0 radical (unpaired) electrons. The van der Waals surface area contributed by atoms with Gasteiger partial charge in [-0.15, -0.1) is 0 Å². The first-order valence-corrected chi connectivity index (χ1v) is 6.77. The molecule has 1 aromatic carbocycles. The van der Waals surface area contributed by atoms with E-state index in [0.29, 0.717) is 5.56 Å². The topological polar surface area (TPSA) is 34.2 Å². The second kappa shape index (κ2) is 7.13. The molecule has 0 aliphatic rings. The van der Waals surface area contributed by atoms with Gasteiger partial charge in [0.25, 0.3) is 0 Å². The van der Waals surface area contributed by atoms with Crippen LogP contribution in [-0.4, -0.2) is 11.6 Å². The molecule has 0 aliphatic carbocycles. The Morgan fingerprint density at radius 1 is 1.00 bits per heavy atom. The van der Waals surface area contributed by atoms with Gasteiger partial charge in [-0.3, -0.25) is 4.98 Å². The van der Waals surface area contributed by atoms with Crippen LogP contribution in [0.1, 0.15) is 37.1 Å². The lowest BCUT2D eigenvalue weighted by Gasteiger charge is -2.22. The molecule has 3 nitrogen and oxygen atoms in total. The smallest absolute Gasteiger partial charge is 0.387 e. The van der Waals surface area contributed by atoms with Gasteiger partial charge in [0, 0.05) is 30.0 Å². The summed E-state index contributed by atoms with van der Waals surface area (Å²) >= 11 is 0. The summed E-state index contributed by atoms with van der Waals surface area (Å²) in [5.41, 5.74) is 1.79. The zero-order valence-corrected chi connectivity index (χ0v) is 12.0. The summed E-state index contributed by atoms with van der Waals surface area (Å²) in [5, 5.41) is 3.37. The lowest BCUT2D eigenvalue weighted by atomic mass is 10.0. The minimum Gasteiger partial charge on any atom is -0.434 e. The van der Waals surface area contributed by atoms with Crippen molar-refractivity contribution in [2.75, 3.05) is 0 Å². The summed E-state index contributed by atoms with van der Waals surface area (Å²) in [6.45, 7) is 1.12. The maximum Gasteiger partial charge on any atom is 0.387 e. The molecule has 1 aromatic heterocycles. The van der Waals surface area contributed by atoms with Crippen LogP contribution in [0.5, 0.6) is 5.75 Å². The normalized spacial score (nSPS) is 14.0. The molecule has 2 rings (SSSR count). The molecule has 0 bridgehead atoms. The number of benzene rings is 1. The zero-order chi connectivity index (χ0) is 15.2. The van der Waals surface area contributed by atoms with Crippen LogP contribution in [-0.2, 0) is 0 Å². The molecule has 2 atom stereocenters. The molecule has 1 unspecified atom stereocenters. The highest BCUT2D eigenvalue weighted by Crippen LogP contribution is 2.28. The number of halogens is 2. The van der Waals surface area contributed by atoms with E-state index < -0.39 is 6.61 Å². The van der Waals surface area contributed by atoms with Gasteiger partial charge >= 0.3 is 6.61 Å². The Kier molecular flexibility index (Phi) is 5.22. The van der Waals surface area contributed by atoms with Crippen LogP contribution in [0.4, 0.5) is 8.78 Å². The Bertz CT molecular complexity index is 563. The van der Waals surface area contributed by atoms with Gasteiger partial charge in [0.15, 0.2) is 0 Å². The van der Waals surface area contributed by atoms with Crippen LogP contribution in [0.15, 0.2) is 48.8 Å². The predicted octanol–water partition coefficient (Wildman–Crippen LogP) is 4.09. The van der Waals surface area contributed by atoms with E-state index in [2.05, 4.69) is 15.0 Å². The summed E-state index contributed by atoms with van der Waals surface area (Å²) in [6, 6.07) is 10.6. The molecule has 2 aromatic rings. The van der Waals surface area contributed by atoms with Crippen LogP contribution in [0, 0.1) is 0 Å². The van der Waals surface area contributed by atoms with Crippen molar-refractivity contribution in [1.29, 1.82) is 0 Å². The summed E-state index contributed by atoms with van der Waals surface area (Å²) in [5.74, 6) is 0.203. The number of nitrogens with one attached hydrogen (secondary N) is 1. The minimum atomic E-state index is -2.82. The van der Waals surface area contributed by atoms with Crippen molar-refractivity contribution in [3.8, 4) is 5.75 Å². The number of hydrogen-bond acceptors (Lipinski definition) is 3. The van der Waals surface area contributed by atoms with E-state index >= 15 is 0 Å². The first-order valence-electron chi connectivity index (χ1n) is 6.77. The van der Waals surface area contributed by atoms with Gasteiger partial charge in [0.05, 0.1) is 0 Å². The highest BCUT2D eigenvalue weighted by atomic mass is 19.3. The summed E-state index contributed by atoms with van der Waals surface area (Å²) < 4.78 is 29.5. The minimum absolute atomic E-state index is 0.0719. The van der Waals surface area contributed by atoms with Gasteiger partial charge < -0.3 is 10.1 Å². The molecule has 0 amide bonds. The molecule has 1 heterocycles. The quantitative estimate of drug-likeness (QED) is 0.870. The average molecular weight is 292 g/mol. The van der Waals surface area contributed by atoms with Crippen LogP contribution in [0.2, 0.25) is 0 Å². The van der Waals surface area contributed by atoms with E-state index in [1.54, 1.807) is 30.6 Å². The Morgan fingerprint density at radius 3 is 2.33 bits per heavy atom. The Hall–Kier alpha value is -2.01. The molecule has 0 saturated heterocycles. The van der Waals surface area contributed by atoms with Crippen molar-refractivity contribution in [3.05, 3.63) is 59.9 Å². The van der Waals surface area contributed by atoms with Crippen molar-refractivity contribution >= 4 is 0 Å². The van der Waals surface area contributed by atoms with E-state index in [4.69, 9.17) is 0 Å². The van der Waals surface area contributed by atoms with Crippen molar-refractivity contribution in [2.24, 2.45) is 0 Å². The molecule has 0 saturated carbocycles. The van der Waals surface area contributed by atoms with Gasteiger partial charge in [0.1, 0.15) is 5.75 Å². The third-order valence-corrected chi connectivity index (χ3v) is 3.31. The van der Waals surface area contributed by atoms with Crippen LogP contribution in [0.25, 0.3) is 0 Å². The maximum absolute atomic E-state index is 12.4. The third kappa shape index (κ3) is 4.23. The van der Waals surface area contributed by atoms with Gasteiger partial charge in [0.2, 0.25) is 0 Å². The van der Waals surface area contributed by atoms with Crippen molar-refractivity contribution < 1.29 is 13.5 Å². The molecule has 112 valence electrons. The fourth-order valence-electron chi connectivity index (χ4n) is 2.25. The third-order valence-electron chi connectivity index (χ3n) is 3.31. The lowest BCUT2D eigenvalue weighted by Crippen LogP contribution is -2.23. The largest absolute Gasteiger partial charge is 0.434 e. The molecule has 5 heteroatoms. The fourth-order valence-corrected chi connectivity index (χ4v) is 2.25. The molecule has 0 spiro atoms. The van der Waals surface area contributed by atoms with Crippen LogP contribution in [0.3, 0.4) is 0 Å². The van der Waals surface area contributed by atoms with E-state index in [-0.39, 0.29) is 17.8 Å². The number of pyridine rings is 1. The summed E-state index contributed by atoms with van der Waals surface area (Å²) in [6.07, 6.45) is 3.46. The van der Waals surface area contributed by atoms with E-state index in [1.165, 1.54) is 0 Å². The zero-order valence-electron chi connectivity index (χ0n) is 12.0. The maximum atomic E-state index is 12.4. The highest BCUT2D eigenvalue weighted by Gasteiger charge is 2.16. The lowest BCUT2D eigenvalue weighted by molar-refractivity contribution is -0.0506. The number of nitrogens with zero attached hydrogens (tertiary/aromatic N) is 1. The monoisotopic (exact) mass is 292 g/mol. The number of rotatable bonds is 6. The number of hydrogen-bond donors (Lipinski definition) is 1. The SMILES string of the molecule is CC(N[C@H](C)c1ccncc1)c1ccccc1OC(F)F. The highest BCUT2D eigenvalue weighted by molar-refractivity contribution is 5.36. The van der Waals surface area contributed by atoms with E-state index in [0.717, 1.165) is 5.56 Å². The molecule has 0 aliphatic heterocycles. The summed E-state index contributed by atoms with van der Waals surface area (Å²) in [4.78, 5) is 3.98. The standard InChI is InChI=1S/C16H18F2N2O/c1-11(13-7-9-19-10-8-13)20-12(2)14-5-3-4-6-15(14)21-16(17)18/h3-12,16,20H,1-2H3/t11-,12?/m1/s1. The fraction of sp³-hybridized carbons (Fsp3) is 0.312. The van der Waals surface area contributed by atoms with Gasteiger partial charge in [-0.2, -0.15) is 8.78 Å². The van der Waals surface area contributed by atoms with Crippen molar-refractivity contribution in [2.45, 2.75) is 32.5 Å². The molecule has 1 N–H and O–H groups in total. The number of alkyl halides is 2. The van der Waals surface area contributed by atoms with Gasteiger partial charge in [-0.25, -0.2) is 0 Å². The Morgan fingerprint density at radius 2 is 1.67 bits per heavy atom. The number of ether oxygens (including phenoxy) is 1. The molecule has 21 heavy (non-hydrogen) atoms. The predicted molar refractivity (Wildman–Crippen MR) is 77.3 cm³/mol. The number of aromatic nitrogens is 1. The van der Waals surface area contributed by atoms with Crippen molar-refractivity contribution in [3.63, 3.8) is 0 Å². The molecule has 0 fully saturated rings. The average Bonchev–Trinajstić information content (AvgIpc) is 2.48. The summed E-state index contributed by atoms with van der Waals surface area (Å²) in [7, 11) is 0. The second-order valence-electron chi connectivity index (χ2n) is 4.81. The molecular formula is C16H18F2N2O. The van der Waals surface area contributed by atoms with E-state index in [1.807, 2.05) is 32.0 Å². The van der Waals surface area contributed by atoms with Gasteiger partial charge in [-0.1, -0.05) is 18.2 Å². The van der Waals surface area contributed by atoms with Crippen LogP contribution < -0.4 is 10.1 Å². The first-order chi connectivity index (χ1) is 10.1. The van der Waals surface area contributed by atoms with Crippen LogP contribution >= 0.6 is 0 Å². The Labute approximate surface area is 123 Å². The second-order valence-corrected chi connectivity index (χ2v) is 4.81. The number of para-hydroxylation sites is 1. The van der Waals surface area contributed by atoms with Gasteiger partial charge in [-0.05, 0) is 37.6 Å². The van der Waals surface area contributed by atoms with Crippen molar-refractivity contribution in [1.82, 2.24) is 10.3 Å². The molecular weight excluding hydrogens is 274 g/mol. The first kappa shape index (κ1) is 15.4.